The van der Waals surface area contributed by atoms with Crippen LogP contribution in [0, 0.1) is 9.39 Å². The molecule has 146 valence electrons. The molecule has 0 bridgehead atoms. The Balaban J connectivity index is 1.89. The molecule has 0 aromatic heterocycles. The zero-order chi connectivity index (χ0) is 20.8. The van der Waals surface area contributed by atoms with Gasteiger partial charge in [-0.2, -0.15) is 0 Å². The molecule has 3 rings (SSSR count). The van der Waals surface area contributed by atoms with Crippen LogP contribution in [0.1, 0.15) is 15.9 Å². The molecule has 3 aromatic rings. The second kappa shape index (κ2) is 9.67. The number of hydrogen-bond donors (Lipinski definition) is 2. The van der Waals surface area contributed by atoms with E-state index >= 15 is 0 Å². The van der Waals surface area contributed by atoms with Crippen LogP contribution >= 0.6 is 34.2 Å². The maximum Gasteiger partial charge on any atom is 0.272 e. The predicted octanol–water partition coefficient (Wildman–Crippen LogP) is 5.49. The summed E-state index contributed by atoms with van der Waals surface area (Å²) in [6.07, 6.45) is 1.47. The van der Waals surface area contributed by atoms with Crippen molar-refractivity contribution in [1.82, 2.24) is 5.32 Å². The summed E-state index contributed by atoms with van der Waals surface area (Å²) in [4.78, 5) is 25.5. The van der Waals surface area contributed by atoms with E-state index in [-0.39, 0.29) is 16.3 Å². The molecule has 0 radical (unpaired) electrons. The van der Waals surface area contributed by atoms with Crippen molar-refractivity contribution in [2.75, 3.05) is 5.32 Å². The van der Waals surface area contributed by atoms with Crippen LogP contribution in [-0.2, 0) is 4.79 Å². The van der Waals surface area contributed by atoms with E-state index in [9.17, 15) is 14.0 Å². The molecule has 7 heteroatoms. The van der Waals surface area contributed by atoms with E-state index in [0.717, 1.165) is 3.57 Å². The fourth-order valence-corrected chi connectivity index (χ4v) is 3.03. The fraction of sp³-hybridized carbons (Fsp3) is 0. The molecule has 3 aromatic carbocycles. The molecule has 0 unspecified atom stereocenters. The number of carbonyl (C=O) groups is 2. The molecule has 4 nitrogen and oxygen atoms in total. The van der Waals surface area contributed by atoms with Gasteiger partial charge in [0.2, 0.25) is 0 Å². The molecule has 2 amide bonds. The standard InChI is InChI=1S/C22H15ClFIN2O2/c23-19-4-2-1-3-18(19)21(28)27-20(13-14-5-7-15(24)8-6-14)22(29)26-17-11-9-16(25)10-12-17/h1-13H,(H,26,29)(H,27,28). The highest BCUT2D eigenvalue weighted by atomic mass is 127. The van der Waals surface area contributed by atoms with Crippen LogP contribution in [0.2, 0.25) is 5.02 Å². The van der Waals surface area contributed by atoms with Crippen molar-refractivity contribution in [2.45, 2.75) is 0 Å². The summed E-state index contributed by atoms with van der Waals surface area (Å²) in [5, 5.41) is 5.61. The molecule has 0 aliphatic carbocycles. The number of amides is 2. The summed E-state index contributed by atoms with van der Waals surface area (Å²) in [5.74, 6) is -1.44. The smallest absolute Gasteiger partial charge is 0.272 e. The summed E-state index contributed by atoms with van der Waals surface area (Å²) in [7, 11) is 0. The van der Waals surface area contributed by atoms with Crippen LogP contribution in [0.25, 0.3) is 6.08 Å². The van der Waals surface area contributed by atoms with E-state index in [0.29, 0.717) is 11.3 Å². The highest BCUT2D eigenvalue weighted by Crippen LogP contribution is 2.17. The fourth-order valence-electron chi connectivity index (χ4n) is 2.45. The van der Waals surface area contributed by atoms with Crippen molar-refractivity contribution in [3.63, 3.8) is 0 Å². The topological polar surface area (TPSA) is 58.2 Å². The number of benzene rings is 3. The van der Waals surface area contributed by atoms with Gasteiger partial charge in [0.05, 0.1) is 10.6 Å². The Morgan fingerprint density at radius 2 is 1.59 bits per heavy atom. The number of anilines is 1. The summed E-state index contributed by atoms with van der Waals surface area (Å²) in [5.41, 5.74) is 1.37. The third-order valence-corrected chi connectivity index (χ3v) is 4.94. The summed E-state index contributed by atoms with van der Waals surface area (Å²) in [6, 6.07) is 19.3. The van der Waals surface area contributed by atoms with Gasteiger partial charge in [0.1, 0.15) is 11.5 Å². The number of hydrogen-bond acceptors (Lipinski definition) is 2. The zero-order valence-electron chi connectivity index (χ0n) is 15.0. The average molecular weight is 521 g/mol. The van der Waals surface area contributed by atoms with Crippen LogP contribution in [0.5, 0.6) is 0 Å². The normalized spacial score (nSPS) is 11.1. The lowest BCUT2D eigenvalue weighted by Crippen LogP contribution is -2.30. The second-order valence-corrected chi connectivity index (χ2v) is 7.66. The van der Waals surface area contributed by atoms with E-state index in [4.69, 9.17) is 11.6 Å². The highest BCUT2D eigenvalue weighted by Gasteiger charge is 2.17. The van der Waals surface area contributed by atoms with Crippen LogP contribution < -0.4 is 10.6 Å². The SMILES string of the molecule is O=C(Nc1ccc(I)cc1)C(=Cc1ccc(F)cc1)NC(=O)c1ccccc1Cl. The Hall–Kier alpha value is -2.71. The highest BCUT2D eigenvalue weighted by molar-refractivity contribution is 14.1. The minimum absolute atomic E-state index is 0.0000721. The Bertz CT molecular complexity index is 1070. The molecular formula is C22H15ClFIN2O2. The lowest BCUT2D eigenvalue weighted by molar-refractivity contribution is -0.113. The molecule has 0 saturated carbocycles. The molecule has 0 aliphatic heterocycles. The Morgan fingerprint density at radius 3 is 2.24 bits per heavy atom. The lowest BCUT2D eigenvalue weighted by Gasteiger charge is -2.12. The van der Waals surface area contributed by atoms with Crippen molar-refractivity contribution in [1.29, 1.82) is 0 Å². The van der Waals surface area contributed by atoms with Crippen molar-refractivity contribution >= 4 is 57.8 Å². The maximum absolute atomic E-state index is 13.2. The van der Waals surface area contributed by atoms with Crippen molar-refractivity contribution in [3.05, 3.63) is 104 Å². The summed E-state index contributed by atoms with van der Waals surface area (Å²) >= 11 is 8.24. The number of rotatable bonds is 5. The van der Waals surface area contributed by atoms with Gasteiger partial charge in [-0.1, -0.05) is 35.9 Å². The Morgan fingerprint density at radius 1 is 0.931 bits per heavy atom. The average Bonchev–Trinajstić information content (AvgIpc) is 2.71. The van der Waals surface area contributed by atoms with Gasteiger partial charge in [0.15, 0.2) is 0 Å². The van der Waals surface area contributed by atoms with Gasteiger partial charge in [-0.3, -0.25) is 9.59 Å². The molecule has 0 fully saturated rings. The maximum atomic E-state index is 13.2. The minimum Gasteiger partial charge on any atom is -0.321 e. The zero-order valence-corrected chi connectivity index (χ0v) is 17.9. The van der Waals surface area contributed by atoms with Gasteiger partial charge in [-0.15, -0.1) is 0 Å². The first kappa shape index (κ1) is 21.0. The predicted molar refractivity (Wildman–Crippen MR) is 121 cm³/mol. The van der Waals surface area contributed by atoms with Crippen LogP contribution in [-0.4, -0.2) is 11.8 Å². The quantitative estimate of drug-likeness (QED) is 0.345. The molecule has 0 saturated heterocycles. The van der Waals surface area contributed by atoms with Crippen molar-refractivity contribution in [2.24, 2.45) is 0 Å². The van der Waals surface area contributed by atoms with E-state index in [1.54, 1.807) is 36.4 Å². The Labute approximate surface area is 185 Å². The summed E-state index contributed by atoms with van der Waals surface area (Å²) in [6.45, 7) is 0. The number of nitrogens with one attached hydrogen (secondary N) is 2. The van der Waals surface area contributed by atoms with Gasteiger partial charge in [0, 0.05) is 9.26 Å². The Kier molecular flexibility index (Phi) is 7.00. The van der Waals surface area contributed by atoms with Crippen molar-refractivity contribution < 1.29 is 14.0 Å². The van der Waals surface area contributed by atoms with Crippen LogP contribution in [0.15, 0.2) is 78.5 Å². The first-order chi connectivity index (χ1) is 13.9. The third kappa shape index (κ3) is 5.88. The van der Waals surface area contributed by atoms with E-state index in [2.05, 4.69) is 33.2 Å². The summed E-state index contributed by atoms with van der Waals surface area (Å²) < 4.78 is 14.2. The largest absolute Gasteiger partial charge is 0.321 e. The van der Waals surface area contributed by atoms with Gasteiger partial charge in [-0.05, 0) is 82.8 Å². The van der Waals surface area contributed by atoms with Crippen LogP contribution in [0.4, 0.5) is 10.1 Å². The second-order valence-electron chi connectivity index (χ2n) is 6.00. The van der Waals surface area contributed by atoms with Crippen LogP contribution in [0.3, 0.4) is 0 Å². The van der Waals surface area contributed by atoms with Gasteiger partial charge in [0.25, 0.3) is 11.8 Å². The molecule has 0 spiro atoms. The molecule has 29 heavy (non-hydrogen) atoms. The first-order valence-electron chi connectivity index (χ1n) is 8.52. The molecule has 0 aliphatic rings. The number of carbonyl (C=O) groups excluding carboxylic acids is 2. The van der Waals surface area contributed by atoms with E-state index in [1.165, 1.54) is 30.3 Å². The van der Waals surface area contributed by atoms with E-state index in [1.807, 2.05) is 12.1 Å². The molecule has 0 atom stereocenters. The minimum atomic E-state index is -0.526. The van der Waals surface area contributed by atoms with Gasteiger partial charge >= 0.3 is 0 Å². The third-order valence-electron chi connectivity index (χ3n) is 3.89. The van der Waals surface area contributed by atoms with Gasteiger partial charge in [-0.25, -0.2) is 4.39 Å². The van der Waals surface area contributed by atoms with Gasteiger partial charge < -0.3 is 10.6 Å². The lowest BCUT2D eigenvalue weighted by atomic mass is 10.1. The van der Waals surface area contributed by atoms with E-state index < -0.39 is 17.6 Å². The molecule has 0 heterocycles. The number of halogens is 3. The van der Waals surface area contributed by atoms with Crippen molar-refractivity contribution in [3.8, 4) is 0 Å². The molecule has 2 N–H and O–H groups in total. The first-order valence-corrected chi connectivity index (χ1v) is 9.98. The monoisotopic (exact) mass is 520 g/mol. The molecular weight excluding hydrogens is 506 g/mol.